The SMILES string of the molecule is CCCC(=O)Cc1nc(C2(C)CCCCO2)no1. The Morgan fingerprint density at radius 1 is 1.44 bits per heavy atom. The molecule has 1 atom stereocenters. The second kappa shape index (κ2) is 5.61. The molecule has 0 saturated carbocycles. The number of carbonyl (C=O) groups is 1. The number of ether oxygens (including phenoxy) is 1. The van der Waals surface area contributed by atoms with Gasteiger partial charge in [-0.2, -0.15) is 4.98 Å². The van der Waals surface area contributed by atoms with Crippen molar-refractivity contribution in [3.05, 3.63) is 11.7 Å². The van der Waals surface area contributed by atoms with Crippen LogP contribution in [0.15, 0.2) is 4.52 Å². The smallest absolute Gasteiger partial charge is 0.234 e. The van der Waals surface area contributed by atoms with Crippen molar-refractivity contribution in [2.45, 2.75) is 58.0 Å². The molecule has 0 N–H and O–H groups in total. The molecule has 0 aromatic carbocycles. The van der Waals surface area contributed by atoms with E-state index in [0.717, 1.165) is 32.3 Å². The second-order valence-corrected chi connectivity index (χ2v) is 5.01. The Morgan fingerprint density at radius 2 is 2.28 bits per heavy atom. The Kier molecular flexibility index (Phi) is 4.11. The fraction of sp³-hybridized carbons (Fsp3) is 0.769. The molecule has 5 heteroatoms. The van der Waals surface area contributed by atoms with Gasteiger partial charge in [-0.05, 0) is 32.6 Å². The monoisotopic (exact) mass is 252 g/mol. The van der Waals surface area contributed by atoms with Crippen molar-refractivity contribution in [3.63, 3.8) is 0 Å². The Balaban J connectivity index is 2.03. The molecule has 1 aliphatic heterocycles. The van der Waals surface area contributed by atoms with Crippen molar-refractivity contribution in [2.75, 3.05) is 6.61 Å². The van der Waals surface area contributed by atoms with Gasteiger partial charge >= 0.3 is 0 Å². The van der Waals surface area contributed by atoms with E-state index < -0.39 is 5.60 Å². The molecule has 0 aliphatic carbocycles. The lowest BCUT2D eigenvalue weighted by Crippen LogP contribution is -2.31. The van der Waals surface area contributed by atoms with E-state index in [4.69, 9.17) is 9.26 Å². The zero-order valence-electron chi connectivity index (χ0n) is 11.1. The van der Waals surface area contributed by atoms with Crippen LogP contribution in [0.1, 0.15) is 57.7 Å². The highest BCUT2D eigenvalue weighted by Crippen LogP contribution is 2.32. The molecule has 100 valence electrons. The summed E-state index contributed by atoms with van der Waals surface area (Å²) < 4.78 is 10.9. The van der Waals surface area contributed by atoms with Gasteiger partial charge in [0.1, 0.15) is 11.4 Å². The molecule has 1 unspecified atom stereocenters. The molecule has 1 fully saturated rings. The van der Waals surface area contributed by atoms with Gasteiger partial charge in [0.15, 0.2) is 0 Å². The molecule has 1 saturated heterocycles. The first kappa shape index (κ1) is 13.2. The largest absolute Gasteiger partial charge is 0.367 e. The standard InChI is InChI=1S/C13H20N2O3/c1-3-6-10(16)9-11-14-12(15-18-11)13(2)7-4-5-8-17-13/h3-9H2,1-2H3. The van der Waals surface area contributed by atoms with E-state index in [0.29, 0.717) is 18.1 Å². The fourth-order valence-corrected chi connectivity index (χ4v) is 2.19. The Bertz CT molecular complexity index is 408. The van der Waals surface area contributed by atoms with Crippen LogP contribution in [0.4, 0.5) is 0 Å². The summed E-state index contributed by atoms with van der Waals surface area (Å²) in [5.74, 6) is 1.11. The molecule has 5 nitrogen and oxygen atoms in total. The van der Waals surface area contributed by atoms with Crippen LogP contribution in [0.25, 0.3) is 0 Å². The van der Waals surface area contributed by atoms with Gasteiger partial charge in [0.05, 0.1) is 6.42 Å². The molecule has 0 bridgehead atoms. The molecule has 0 amide bonds. The normalized spacial score (nSPS) is 24.1. The Morgan fingerprint density at radius 3 is 2.94 bits per heavy atom. The van der Waals surface area contributed by atoms with E-state index in [9.17, 15) is 4.79 Å². The molecule has 2 rings (SSSR count). The lowest BCUT2D eigenvalue weighted by molar-refractivity contribution is -0.118. The maximum Gasteiger partial charge on any atom is 0.234 e. The van der Waals surface area contributed by atoms with E-state index >= 15 is 0 Å². The number of aromatic nitrogens is 2. The highest BCUT2D eigenvalue weighted by molar-refractivity contribution is 5.79. The van der Waals surface area contributed by atoms with Crippen molar-refractivity contribution in [1.82, 2.24) is 10.1 Å². The van der Waals surface area contributed by atoms with Crippen LogP contribution in [0.3, 0.4) is 0 Å². The molecule has 1 aromatic rings. The van der Waals surface area contributed by atoms with E-state index in [1.165, 1.54) is 0 Å². The average Bonchev–Trinajstić information content (AvgIpc) is 2.79. The number of ketones is 1. The first-order valence-corrected chi connectivity index (χ1v) is 6.63. The van der Waals surface area contributed by atoms with E-state index in [-0.39, 0.29) is 12.2 Å². The van der Waals surface area contributed by atoms with Gasteiger partial charge in [0.2, 0.25) is 11.7 Å². The molecular formula is C13H20N2O3. The minimum atomic E-state index is -0.451. The summed E-state index contributed by atoms with van der Waals surface area (Å²) in [6.45, 7) is 4.69. The van der Waals surface area contributed by atoms with Crippen molar-refractivity contribution in [3.8, 4) is 0 Å². The van der Waals surface area contributed by atoms with Crippen molar-refractivity contribution in [1.29, 1.82) is 0 Å². The lowest BCUT2D eigenvalue weighted by atomic mass is 9.95. The molecule has 1 aromatic heterocycles. The molecule has 0 radical (unpaired) electrons. The van der Waals surface area contributed by atoms with Gasteiger partial charge in [-0.1, -0.05) is 12.1 Å². The van der Waals surface area contributed by atoms with Gasteiger partial charge in [-0.3, -0.25) is 4.79 Å². The predicted molar refractivity (Wildman–Crippen MR) is 65.1 cm³/mol. The summed E-state index contributed by atoms with van der Waals surface area (Å²) >= 11 is 0. The van der Waals surface area contributed by atoms with Crippen LogP contribution in [0.5, 0.6) is 0 Å². The lowest BCUT2D eigenvalue weighted by Gasteiger charge is -2.30. The number of nitrogens with zero attached hydrogens (tertiary/aromatic N) is 2. The highest BCUT2D eigenvalue weighted by atomic mass is 16.5. The third kappa shape index (κ3) is 2.96. The van der Waals surface area contributed by atoms with Crippen LogP contribution in [-0.4, -0.2) is 22.5 Å². The number of rotatable bonds is 5. The summed E-state index contributed by atoms with van der Waals surface area (Å²) in [4.78, 5) is 15.8. The van der Waals surface area contributed by atoms with Gasteiger partial charge < -0.3 is 9.26 Å². The minimum Gasteiger partial charge on any atom is -0.367 e. The molecule has 18 heavy (non-hydrogen) atoms. The summed E-state index contributed by atoms with van der Waals surface area (Å²) in [5, 5.41) is 3.96. The predicted octanol–water partition coefficient (Wildman–Crippen LogP) is 2.40. The molecule has 0 spiro atoms. The van der Waals surface area contributed by atoms with Crippen LogP contribution < -0.4 is 0 Å². The topological polar surface area (TPSA) is 65.2 Å². The second-order valence-electron chi connectivity index (χ2n) is 5.01. The van der Waals surface area contributed by atoms with Gasteiger partial charge in [-0.25, -0.2) is 0 Å². The van der Waals surface area contributed by atoms with Crippen molar-refractivity contribution >= 4 is 5.78 Å². The van der Waals surface area contributed by atoms with Crippen LogP contribution in [0, 0.1) is 0 Å². The van der Waals surface area contributed by atoms with Gasteiger partial charge in [0, 0.05) is 13.0 Å². The molecular weight excluding hydrogens is 232 g/mol. The number of Topliss-reactive ketones (excluding diaryl/α,β-unsaturated/α-hetero) is 1. The third-order valence-corrected chi connectivity index (χ3v) is 3.29. The summed E-state index contributed by atoms with van der Waals surface area (Å²) in [5.41, 5.74) is -0.451. The van der Waals surface area contributed by atoms with Crippen LogP contribution in [-0.2, 0) is 21.6 Å². The first-order chi connectivity index (χ1) is 8.64. The Hall–Kier alpha value is -1.23. The number of hydrogen-bond donors (Lipinski definition) is 0. The van der Waals surface area contributed by atoms with Gasteiger partial charge in [-0.15, -0.1) is 0 Å². The first-order valence-electron chi connectivity index (χ1n) is 6.63. The van der Waals surface area contributed by atoms with E-state index in [1.54, 1.807) is 0 Å². The average molecular weight is 252 g/mol. The van der Waals surface area contributed by atoms with Crippen LogP contribution >= 0.6 is 0 Å². The zero-order valence-corrected chi connectivity index (χ0v) is 11.1. The maximum absolute atomic E-state index is 11.5. The van der Waals surface area contributed by atoms with E-state index in [2.05, 4.69) is 10.1 Å². The molecule has 2 heterocycles. The van der Waals surface area contributed by atoms with Crippen molar-refractivity contribution in [2.24, 2.45) is 0 Å². The highest BCUT2D eigenvalue weighted by Gasteiger charge is 2.35. The molecule has 1 aliphatic rings. The quantitative estimate of drug-likeness (QED) is 0.805. The van der Waals surface area contributed by atoms with Gasteiger partial charge in [0.25, 0.3) is 0 Å². The van der Waals surface area contributed by atoms with E-state index in [1.807, 2.05) is 13.8 Å². The third-order valence-electron chi connectivity index (χ3n) is 3.29. The van der Waals surface area contributed by atoms with Crippen LogP contribution in [0.2, 0.25) is 0 Å². The summed E-state index contributed by atoms with van der Waals surface area (Å²) in [7, 11) is 0. The zero-order chi connectivity index (χ0) is 13.0. The number of carbonyl (C=O) groups excluding carboxylic acids is 1. The summed E-state index contributed by atoms with van der Waals surface area (Å²) in [6.07, 6.45) is 4.72. The Labute approximate surface area is 107 Å². The number of hydrogen-bond acceptors (Lipinski definition) is 5. The maximum atomic E-state index is 11.5. The van der Waals surface area contributed by atoms with Crippen molar-refractivity contribution < 1.29 is 14.1 Å². The summed E-state index contributed by atoms with van der Waals surface area (Å²) in [6, 6.07) is 0. The fourth-order valence-electron chi connectivity index (χ4n) is 2.19. The minimum absolute atomic E-state index is 0.141.